The predicted molar refractivity (Wildman–Crippen MR) is 93.4 cm³/mol. The van der Waals surface area contributed by atoms with Gasteiger partial charge in [0.1, 0.15) is 5.82 Å². The van der Waals surface area contributed by atoms with Crippen LogP contribution in [0.5, 0.6) is 5.75 Å². The molecule has 0 fully saturated rings. The van der Waals surface area contributed by atoms with Gasteiger partial charge in [-0.05, 0) is 36.4 Å². The van der Waals surface area contributed by atoms with Crippen LogP contribution in [0.2, 0.25) is 0 Å². The maximum Gasteiger partial charge on any atom is 0.255 e. The average molecular weight is 420 g/mol. The summed E-state index contributed by atoms with van der Waals surface area (Å²) in [6.45, 7) is -0.682. The highest BCUT2D eigenvalue weighted by atomic mass is 32.2. The first-order chi connectivity index (χ1) is 12.7. The molecule has 0 unspecified atom stereocenters. The highest BCUT2D eigenvalue weighted by molar-refractivity contribution is 7.99. The molecule has 0 aliphatic carbocycles. The molecule has 2 rings (SSSR count). The predicted octanol–water partition coefficient (Wildman–Crippen LogP) is 2.04. The first kappa shape index (κ1) is 21.1. The van der Waals surface area contributed by atoms with E-state index in [9.17, 15) is 26.4 Å². The van der Waals surface area contributed by atoms with Gasteiger partial charge in [0, 0.05) is 17.2 Å². The molecule has 6 nitrogen and oxygen atoms in total. The Kier molecular flexibility index (Phi) is 7.11. The zero-order valence-corrected chi connectivity index (χ0v) is 15.4. The number of sulfonamides is 1. The topological polar surface area (TPSA) is 98.5 Å². The van der Waals surface area contributed by atoms with Gasteiger partial charge in [-0.1, -0.05) is 0 Å². The van der Waals surface area contributed by atoms with E-state index in [0.717, 1.165) is 48.2 Å². The van der Waals surface area contributed by atoms with Gasteiger partial charge in [-0.15, -0.1) is 11.8 Å². The van der Waals surface area contributed by atoms with Crippen LogP contribution in [0.4, 0.5) is 13.2 Å². The van der Waals surface area contributed by atoms with Crippen LogP contribution in [-0.2, 0) is 14.8 Å². The SMILES string of the molecule is NC(=O)COc1c(F)cc(SCCNS(=O)(=O)c2ccc(F)cc2)cc1F. The number of nitrogens with one attached hydrogen (secondary N) is 1. The molecule has 0 aromatic heterocycles. The molecule has 0 saturated carbocycles. The van der Waals surface area contributed by atoms with Crippen molar-refractivity contribution in [2.75, 3.05) is 18.9 Å². The van der Waals surface area contributed by atoms with E-state index in [1.807, 2.05) is 0 Å². The fourth-order valence-corrected chi connectivity index (χ4v) is 3.92. The molecule has 1 amide bonds. The average Bonchev–Trinajstić information content (AvgIpc) is 2.58. The van der Waals surface area contributed by atoms with Crippen molar-refractivity contribution in [3.63, 3.8) is 0 Å². The Bertz CT molecular complexity index is 899. The van der Waals surface area contributed by atoms with E-state index in [1.165, 1.54) is 0 Å². The summed E-state index contributed by atoms with van der Waals surface area (Å²) in [5.74, 6) is -3.98. The van der Waals surface area contributed by atoms with Crippen LogP contribution in [0.15, 0.2) is 46.2 Å². The number of primary amides is 1. The second-order valence-electron chi connectivity index (χ2n) is 5.17. The van der Waals surface area contributed by atoms with Crippen molar-refractivity contribution in [2.45, 2.75) is 9.79 Å². The fraction of sp³-hybridized carbons (Fsp3) is 0.188. The van der Waals surface area contributed by atoms with Crippen molar-refractivity contribution < 1.29 is 31.1 Å². The van der Waals surface area contributed by atoms with Crippen LogP contribution in [0, 0.1) is 17.5 Å². The Morgan fingerprint density at radius 3 is 2.26 bits per heavy atom. The van der Waals surface area contributed by atoms with Crippen LogP contribution in [0.1, 0.15) is 0 Å². The molecule has 11 heteroatoms. The van der Waals surface area contributed by atoms with Gasteiger partial charge in [-0.2, -0.15) is 0 Å². The minimum atomic E-state index is -3.81. The first-order valence-electron chi connectivity index (χ1n) is 7.47. The van der Waals surface area contributed by atoms with E-state index in [1.54, 1.807) is 0 Å². The van der Waals surface area contributed by atoms with Gasteiger partial charge in [0.2, 0.25) is 10.0 Å². The van der Waals surface area contributed by atoms with E-state index in [2.05, 4.69) is 9.46 Å². The normalized spacial score (nSPS) is 11.4. The maximum absolute atomic E-state index is 13.8. The molecule has 0 atom stereocenters. The largest absolute Gasteiger partial charge is 0.478 e. The molecule has 3 N–H and O–H groups in total. The van der Waals surface area contributed by atoms with Crippen molar-refractivity contribution in [1.82, 2.24) is 4.72 Å². The lowest BCUT2D eigenvalue weighted by Gasteiger charge is -2.09. The van der Waals surface area contributed by atoms with Crippen LogP contribution in [-0.4, -0.2) is 33.2 Å². The second-order valence-corrected chi connectivity index (χ2v) is 8.11. The number of thioether (sulfide) groups is 1. The summed E-state index contributed by atoms with van der Waals surface area (Å²) in [7, 11) is -3.81. The molecule has 146 valence electrons. The van der Waals surface area contributed by atoms with Gasteiger partial charge in [0.05, 0.1) is 4.90 Å². The summed E-state index contributed by atoms with van der Waals surface area (Å²) >= 11 is 1.01. The van der Waals surface area contributed by atoms with Crippen LogP contribution in [0.25, 0.3) is 0 Å². The standard InChI is InChI=1S/C16H15F3N2O4S2/c17-10-1-3-12(4-2-10)27(23,24)21-5-6-26-11-7-13(18)16(14(19)8-11)25-9-15(20)22/h1-4,7-8,21H,5-6,9H2,(H2,20,22). The van der Waals surface area contributed by atoms with Gasteiger partial charge < -0.3 is 10.5 Å². The molecular weight excluding hydrogens is 405 g/mol. The summed E-state index contributed by atoms with van der Waals surface area (Å²) in [4.78, 5) is 10.7. The van der Waals surface area contributed by atoms with E-state index in [-0.39, 0.29) is 22.1 Å². The monoisotopic (exact) mass is 420 g/mol. The summed E-state index contributed by atoms with van der Waals surface area (Å²) < 4.78 is 71.5. The Morgan fingerprint density at radius 1 is 1.11 bits per heavy atom. The molecule has 0 aliphatic rings. The van der Waals surface area contributed by atoms with Gasteiger partial charge in [0.25, 0.3) is 5.91 Å². The number of rotatable bonds is 9. The van der Waals surface area contributed by atoms with Crippen molar-refractivity contribution in [1.29, 1.82) is 0 Å². The molecule has 0 radical (unpaired) electrons. The highest BCUT2D eigenvalue weighted by Crippen LogP contribution is 2.28. The van der Waals surface area contributed by atoms with E-state index in [0.29, 0.717) is 0 Å². The third kappa shape index (κ3) is 6.15. The Balaban J connectivity index is 1.91. The molecule has 2 aromatic rings. The molecule has 27 heavy (non-hydrogen) atoms. The third-order valence-electron chi connectivity index (χ3n) is 3.12. The van der Waals surface area contributed by atoms with Crippen molar-refractivity contribution in [3.05, 3.63) is 53.8 Å². The fourth-order valence-electron chi connectivity index (χ4n) is 1.94. The number of carbonyl (C=O) groups is 1. The Labute approximate surface area is 157 Å². The minimum Gasteiger partial charge on any atom is -0.478 e. The summed E-state index contributed by atoms with van der Waals surface area (Å²) in [6.07, 6.45) is 0. The number of ether oxygens (including phenoxy) is 1. The maximum atomic E-state index is 13.8. The van der Waals surface area contributed by atoms with Gasteiger partial charge in [-0.25, -0.2) is 26.3 Å². The molecule has 0 bridgehead atoms. The van der Waals surface area contributed by atoms with Gasteiger partial charge in [0.15, 0.2) is 24.0 Å². The number of carbonyl (C=O) groups excluding carboxylic acids is 1. The van der Waals surface area contributed by atoms with Crippen LogP contribution >= 0.6 is 11.8 Å². The van der Waals surface area contributed by atoms with E-state index in [4.69, 9.17) is 5.73 Å². The van der Waals surface area contributed by atoms with Gasteiger partial charge >= 0.3 is 0 Å². The zero-order chi connectivity index (χ0) is 20.0. The van der Waals surface area contributed by atoms with E-state index < -0.39 is 45.7 Å². The van der Waals surface area contributed by atoms with Crippen LogP contribution in [0.3, 0.4) is 0 Å². The number of hydrogen-bond acceptors (Lipinski definition) is 5. The van der Waals surface area contributed by atoms with Gasteiger partial charge in [-0.3, -0.25) is 4.79 Å². The lowest BCUT2D eigenvalue weighted by molar-refractivity contribution is -0.120. The molecular formula is C16H15F3N2O4S2. The first-order valence-corrected chi connectivity index (χ1v) is 9.94. The molecule has 0 aliphatic heterocycles. The lowest BCUT2D eigenvalue weighted by atomic mass is 10.3. The molecule has 0 spiro atoms. The summed E-state index contributed by atoms with van der Waals surface area (Å²) in [6, 6.07) is 6.30. The van der Waals surface area contributed by atoms with Crippen molar-refractivity contribution in [3.8, 4) is 5.75 Å². The summed E-state index contributed by atoms with van der Waals surface area (Å²) in [5.41, 5.74) is 4.85. The lowest BCUT2D eigenvalue weighted by Crippen LogP contribution is -2.26. The van der Waals surface area contributed by atoms with Crippen LogP contribution < -0.4 is 15.2 Å². The minimum absolute atomic E-state index is 0.0203. The summed E-state index contributed by atoms with van der Waals surface area (Å²) in [5, 5.41) is 0. The van der Waals surface area contributed by atoms with Crippen molar-refractivity contribution >= 4 is 27.7 Å². The number of amides is 1. The molecule has 2 aromatic carbocycles. The van der Waals surface area contributed by atoms with E-state index >= 15 is 0 Å². The second kappa shape index (κ2) is 9.11. The number of benzene rings is 2. The number of halogens is 3. The number of hydrogen-bond donors (Lipinski definition) is 2. The quantitative estimate of drug-likeness (QED) is 0.478. The molecule has 0 saturated heterocycles. The third-order valence-corrected chi connectivity index (χ3v) is 5.57. The Hall–Kier alpha value is -2.24. The van der Waals surface area contributed by atoms with Crippen molar-refractivity contribution in [2.24, 2.45) is 5.73 Å². The Morgan fingerprint density at radius 2 is 1.70 bits per heavy atom. The zero-order valence-electron chi connectivity index (χ0n) is 13.7. The highest BCUT2D eigenvalue weighted by Gasteiger charge is 2.15. The number of nitrogens with two attached hydrogens (primary N) is 1. The smallest absolute Gasteiger partial charge is 0.255 e. The molecule has 0 heterocycles.